The molecule has 0 radical (unpaired) electrons. The van der Waals surface area contributed by atoms with Gasteiger partial charge in [0.2, 0.25) is 0 Å². The van der Waals surface area contributed by atoms with E-state index in [1.54, 1.807) is 0 Å². The third-order valence-electron chi connectivity index (χ3n) is 4.06. The lowest BCUT2D eigenvalue weighted by molar-refractivity contribution is 0.305. The van der Waals surface area contributed by atoms with Gasteiger partial charge >= 0.3 is 0 Å². The number of hydrogen-bond acceptors (Lipinski definition) is 2. The molecule has 2 aromatic carbocycles. The molecule has 0 bridgehead atoms. The molecule has 0 spiro atoms. The lowest BCUT2D eigenvalue weighted by atomic mass is 10.0. The Morgan fingerprint density at radius 3 is 2.52 bits per heavy atom. The quantitative estimate of drug-likeness (QED) is 0.385. The number of alkyl halides is 1. The minimum absolute atomic E-state index is 0.502. The van der Waals surface area contributed by atoms with Gasteiger partial charge in [0.05, 0.1) is 12.5 Å². The normalized spacial score (nSPS) is 10.9. The van der Waals surface area contributed by atoms with E-state index in [0.717, 1.165) is 30.1 Å². The van der Waals surface area contributed by atoms with E-state index in [9.17, 15) is 0 Å². The van der Waals surface area contributed by atoms with Crippen LogP contribution in [-0.2, 0) is 0 Å². The molecule has 3 heteroatoms. The number of ether oxygens (including phenoxy) is 2. The van der Waals surface area contributed by atoms with Gasteiger partial charge in [-0.2, -0.15) is 0 Å². The minimum Gasteiger partial charge on any atom is -0.494 e. The first-order valence-electron chi connectivity index (χ1n) is 8.61. The highest BCUT2D eigenvalue weighted by molar-refractivity contribution is 6.18. The van der Waals surface area contributed by atoms with Gasteiger partial charge in [0, 0.05) is 0 Å². The molecule has 2 rings (SSSR count). The molecule has 0 fully saturated rings. The number of unbranched alkanes of at least 4 members (excludes halogenated alkanes) is 4. The van der Waals surface area contributed by atoms with Crippen LogP contribution in [0.25, 0.3) is 10.8 Å². The predicted molar refractivity (Wildman–Crippen MR) is 99.2 cm³/mol. The summed E-state index contributed by atoms with van der Waals surface area (Å²) in [6.07, 6.45) is 6.29. The first kappa shape index (κ1) is 17.9. The van der Waals surface area contributed by atoms with Crippen molar-refractivity contribution >= 4 is 22.4 Å². The van der Waals surface area contributed by atoms with Crippen LogP contribution < -0.4 is 9.47 Å². The Kier molecular flexibility index (Phi) is 7.54. The van der Waals surface area contributed by atoms with Crippen molar-refractivity contribution in [2.24, 2.45) is 0 Å². The molecule has 0 aliphatic heterocycles. The van der Waals surface area contributed by atoms with Crippen molar-refractivity contribution in [2.75, 3.05) is 19.1 Å². The highest BCUT2D eigenvalue weighted by Crippen LogP contribution is 2.30. The molecule has 0 amide bonds. The Morgan fingerprint density at radius 2 is 1.74 bits per heavy atom. The van der Waals surface area contributed by atoms with Gasteiger partial charge in [-0.25, -0.2) is 0 Å². The van der Waals surface area contributed by atoms with Crippen molar-refractivity contribution in [3.05, 3.63) is 35.9 Å². The van der Waals surface area contributed by atoms with E-state index >= 15 is 0 Å². The Balaban J connectivity index is 1.96. The summed E-state index contributed by atoms with van der Waals surface area (Å²) in [5.41, 5.74) is 1.15. The molecule has 2 nitrogen and oxygen atoms in total. The van der Waals surface area contributed by atoms with Gasteiger partial charge in [-0.15, -0.1) is 11.6 Å². The van der Waals surface area contributed by atoms with Gasteiger partial charge in [-0.05, 0) is 47.9 Å². The maximum atomic E-state index is 5.88. The fraction of sp³-hybridized carbons (Fsp3) is 0.500. The summed E-state index contributed by atoms with van der Waals surface area (Å²) in [4.78, 5) is 0. The van der Waals surface area contributed by atoms with Crippen LogP contribution in [0.1, 0.15) is 44.6 Å². The fourth-order valence-corrected chi connectivity index (χ4v) is 2.81. The van der Waals surface area contributed by atoms with E-state index in [-0.39, 0.29) is 0 Å². The molecule has 0 atom stereocenters. The van der Waals surface area contributed by atoms with Gasteiger partial charge in [0.15, 0.2) is 0 Å². The maximum Gasteiger partial charge on any atom is 0.122 e. The van der Waals surface area contributed by atoms with Crippen LogP contribution in [0.5, 0.6) is 11.5 Å². The highest BCUT2D eigenvalue weighted by Gasteiger charge is 2.06. The first-order chi connectivity index (χ1) is 11.3. The summed E-state index contributed by atoms with van der Waals surface area (Å²) in [5.74, 6) is 2.35. The Morgan fingerprint density at radius 1 is 0.913 bits per heavy atom. The number of halogens is 1. The monoisotopic (exact) mass is 334 g/mol. The molecule has 0 aliphatic rings. The van der Waals surface area contributed by atoms with Crippen molar-refractivity contribution in [1.82, 2.24) is 0 Å². The molecule has 0 aliphatic carbocycles. The van der Waals surface area contributed by atoms with Crippen LogP contribution in [0.15, 0.2) is 30.3 Å². The second-order valence-corrected chi connectivity index (χ2v) is 6.25. The lowest BCUT2D eigenvalue weighted by Gasteiger charge is -2.12. The van der Waals surface area contributed by atoms with E-state index in [1.165, 1.54) is 36.5 Å². The summed E-state index contributed by atoms with van der Waals surface area (Å²) in [5, 5.41) is 2.39. The van der Waals surface area contributed by atoms with Crippen molar-refractivity contribution in [3.8, 4) is 11.5 Å². The second-order valence-electron chi connectivity index (χ2n) is 5.87. The van der Waals surface area contributed by atoms with Crippen LogP contribution in [0, 0.1) is 6.92 Å². The maximum absolute atomic E-state index is 5.88. The molecule has 0 unspecified atom stereocenters. The van der Waals surface area contributed by atoms with Crippen LogP contribution in [0.4, 0.5) is 0 Å². The van der Waals surface area contributed by atoms with E-state index < -0.39 is 0 Å². The SMILES string of the molecule is CCCCCCCOc1ccc2c(C)c(OCCCl)ccc2c1. The smallest absolute Gasteiger partial charge is 0.122 e. The summed E-state index contributed by atoms with van der Waals surface area (Å²) < 4.78 is 11.6. The molecule has 0 heterocycles. The van der Waals surface area contributed by atoms with Gasteiger partial charge in [-0.1, -0.05) is 44.7 Å². The number of rotatable bonds is 10. The van der Waals surface area contributed by atoms with Gasteiger partial charge in [-0.3, -0.25) is 0 Å². The standard InChI is InChI=1S/C20H27ClO2/c1-3-4-5-6-7-13-22-18-9-10-19-16(2)20(23-14-12-21)11-8-17(19)15-18/h8-11,15H,3-7,12-14H2,1-2H3. The summed E-state index contributed by atoms with van der Waals surface area (Å²) in [6.45, 7) is 5.65. The molecule has 0 saturated carbocycles. The number of hydrogen-bond donors (Lipinski definition) is 0. The lowest BCUT2D eigenvalue weighted by Crippen LogP contribution is -2.00. The summed E-state index contributed by atoms with van der Waals surface area (Å²) >= 11 is 5.69. The van der Waals surface area contributed by atoms with Gasteiger partial charge < -0.3 is 9.47 Å². The zero-order chi connectivity index (χ0) is 16.5. The largest absolute Gasteiger partial charge is 0.494 e. The third kappa shape index (κ3) is 5.31. The molecule has 0 saturated heterocycles. The molecule has 2 aromatic rings. The van der Waals surface area contributed by atoms with Crippen molar-refractivity contribution < 1.29 is 9.47 Å². The van der Waals surface area contributed by atoms with Crippen LogP contribution >= 0.6 is 11.6 Å². The average molecular weight is 335 g/mol. The zero-order valence-electron chi connectivity index (χ0n) is 14.2. The zero-order valence-corrected chi connectivity index (χ0v) is 15.0. The van der Waals surface area contributed by atoms with E-state index in [4.69, 9.17) is 21.1 Å². The molecule has 0 aromatic heterocycles. The van der Waals surface area contributed by atoms with Crippen LogP contribution in [0.3, 0.4) is 0 Å². The number of aryl methyl sites for hydroxylation is 1. The van der Waals surface area contributed by atoms with E-state index in [1.807, 2.05) is 12.1 Å². The number of fused-ring (bicyclic) bond motifs is 1. The Hall–Kier alpha value is -1.41. The average Bonchev–Trinajstić information content (AvgIpc) is 2.57. The molecule has 0 N–H and O–H groups in total. The fourth-order valence-electron chi connectivity index (χ4n) is 2.73. The summed E-state index contributed by atoms with van der Waals surface area (Å²) in [6, 6.07) is 10.4. The second kappa shape index (κ2) is 9.67. The van der Waals surface area contributed by atoms with Crippen molar-refractivity contribution in [1.29, 1.82) is 0 Å². The van der Waals surface area contributed by atoms with E-state index in [2.05, 4.69) is 32.0 Å². The molecular weight excluding hydrogens is 308 g/mol. The van der Waals surface area contributed by atoms with Crippen molar-refractivity contribution in [2.45, 2.75) is 46.0 Å². The molecular formula is C20H27ClO2. The van der Waals surface area contributed by atoms with Crippen LogP contribution in [-0.4, -0.2) is 19.1 Å². The predicted octanol–water partition coefficient (Wildman–Crippen LogP) is 6.12. The molecule has 23 heavy (non-hydrogen) atoms. The van der Waals surface area contributed by atoms with Crippen LogP contribution in [0.2, 0.25) is 0 Å². The van der Waals surface area contributed by atoms with Gasteiger partial charge in [0.25, 0.3) is 0 Å². The van der Waals surface area contributed by atoms with Gasteiger partial charge in [0.1, 0.15) is 18.1 Å². The third-order valence-corrected chi connectivity index (χ3v) is 4.22. The first-order valence-corrected chi connectivity index (χ1v) is 9.14. The Labute approximate surface area is 144 Å². The highest BCUT2D eigenvalue weighted by atomic mass is 35.5. The summed E-state index contributed by atoms with van der Waals surface area (Å²) in [7, 11) is 0. The topological polar surface area (TPSA) is 18.5 Å². The minimum atomic E-state index is 0.502. The Bertz CT molecular complexity index is 610. The molecule has 126 valence electrons. The van der Waals surface area contributed by atoms with E-state index in [0.29, 0.717) is 12.5 Å². The van der Waals surface area contributed by atoms with Crippen molar-refractivity contribution in [3.63, 3.8) is 0 Å². The number of benzene rings is 2.